The number of nitrogens with one attached hydrogen (secondary N) is 2. The minimum absolute atomic E-state index is 0. The molecule has 0 bridgehead atoms. The monoisotopic (exact) mass is 361 g/mol. The molecule has 0 aliphatic carbocycles. The van der Waals surface area contributed by atoms with Gasteiger partial charge in [-0.1, -0.05) is 6.92 Å². The summed E-state index contributed by atoms with van der Waals surface area (Å²) in [6, 6.07) is 2.03. The van der Waals surface area contributed by atoms with E-state index in [4.69, 9.17) is 0 Å². The highest BCUT2D eigenvalue weighted by Gasteiger charge is 2.24. The zero-order valence-corrected chi connectivity index (χ0v) is 15.3. The molecule has 0 unspecified atom stereocenters. The van der Waals surface area contributed by atoms with E-state index in [2.05, 4.69) is 27.6 Å². The van der Waals surface area contributed by atoms with Gasteiger partial charge in [0.1, 0.15) is 5.82 Å². The molecule has 3 heterocycles. The Balaban J connectivity index is 0.00000132. The molecule has 6 nitrogen and oxygen atoms in total. The molecule has 3 N–H and O–H groups in total. The lowest BCUT2D eigenvalue weighted by molar-refractivity contribution is 0.124. The van der Waals surface area contributed by atoms with Gasteiger partial charge in [0.2, 0.25) is 0 Å². The van der Waals surface area contributed by atoms with Crippen molar-refractivity contribution in [2.75, 3.05) is 18.4 Å². The summed E-state index contributed by atoms with van der Waals surface area (Å²) in [7, 11) is 0. The average molecular weight is 362 g/mol. The van der Waals surface area contributed by atoms with Crippen molar-refractivity contribution in [3.05, 3.63) is 23.0 Å². The average Bonchev–Trinajstić information content (AvgIpc) is 2.77. The van der Waals surface area contributed by atoms with Crippen LogP contribution in [0.2, 0.25) is 0 Å². The Kier molecular flexibility index (Phi) is 7.07. The molecule has 0 radical (unpaired) electrons. The summed E-state index contributed by atoms with van der Waals surface area (Å²) < 4.78 is 1.85. The second-order valence-electron chi connectivity index (χ2n) is 5.74. The van der Waals surface area contributed by atoms with E-state index in [9.17, 15) is 5.11 Å². The third kappa shape index (κ3) is 3.88. The molecular weight excluding hydrogens is 337 g/mol. The second kappa shape index (κ2) is 8.15. The first-order valence-electron chi connectivity index (χ1n) is 7.61. The summed E-state index contributed by atoms with van der Waals surface area (Å²) in [5.74, 6) is 0.904. The molecule has 0 spiro atoms. The molecule has 8 heteroatoms. The highest BCUT2D eigenvalue weighted by molar-refractivity contribution is 5.85. The highest BCUT2D eigenvalue weighted by Crippen LogP contribution is 2.20. The molecule has 2 aromatic heterocycles. The maximum atomic E-state index is 10.1. The standard InChI is InChI=1S/C15H23N5O.2ClH/c1-4-11-7-14(18-12-8-16-6-5-13(12)21)20-15(17-11)9(2)10(3)19-20;;/h7,12-13,16,18,21H,4-6,8H2,1-3H3;2*1H/t12-,13-;;/m1../s1. The Labute approximate surface area is 148 Å². The zero-order valence-electron chi connectivity index (χ0n) is 13.7. The van der Waals surface area contributed by atoms with Crippen LogP contribution in [0.15, 0.2) is 6.07 Å². The van der Waals surface area contributed by atoms with E-state index in [0.717, 1.165) is 54.3 Å². The molecule has 0 saturated carbocycles. The minimum Gasteiger partial charge on any atom is -0.391 e. The molecule has 3 rings (SSSR count). The van der Waals surface area contributed by atoms with Gasteiger partial charge in [-0.15, -0.1) is 24.8 Å². The predicted molar refractivity (Wildman–Crippen MR) is 97.2 cm³/mol. The first-order chi connectivity index (χ1) is 10.1. The van der Waals surface area contributed by atoms with E-state index in [0.29, 0.717) is 0 Å². The molecule has 2 atom stereocenters. The number of fused-ring (bicyclic) bond motifs is 1. The predicted octanol–water partition coefficient (Wildman–Crippen LogP) is 1.89. The SMILES string of the molecule is CCc1cc(N[C@@H]2CNCC[C@H]2O)n2nc(C)c(C)c2n1.Cl.Cl. The topological polar surface area (TPSA) is 74.5 Å². The number of aryl methyl sites for hydroxylation is 3. The molecule has 23 heavy (non-hydrogen) atoms. The fraction of sp³-hybridized carbons (Fsp3) is 0.600. The van der Waals surface area contributed by atoms with Crippen molar-refractivity contribution in [2.45, 2.75) is 45.8 Å². The number of aliphatic hydroxyl groups excluding tert-OH is 1. The summed E-state index contributed by atoms with van der Waals surface area (Å²) in [6.45, 7) is 7.76. The van der Waals surface area contributed by atoms with Crippen molar-refractivity contribution in [1.29, 1.82) is 0 Å². The highest BCUT2D eigenvalue weighted by atomic mass is 35.5. The Morgan fingerprint density at radius 1 is 1.39 bits per heavy atom. The van der Waals surface area contributed by atoms with Crippen molar-refractivity contribution >= 4 is 36.3 Å². The molecule has 2 aromatic rings. The number of hydrogen-bond acceptors (Lipinski definition) is 5. The molecule has 0 amide bonds. The lowest BCUT2D eigenvalue weighted by Gasteiger charge is -2.30. The normalized spacial score (nSPS) is 20.7. The Hall–Kier alpha value is -1.08. The number of hydrogen-bond donors (Lipinski definition) is 3. The summed E-state index contributed by atoms with van der Waals surface area (Å²) >= 11 is 0. The molecule has 0 aromatic carbocycles. The van der Waals surface area contributed by atoms with Crippen molar-refractivity contribution in [3.8, 4) is 0 Å². The van der Waals surface area contributed by atoms with Crippen LogP contribution in [-0.4, -0.2) is 44.9 Å². The fourth-order valence-electron chi connectivity index (χ4n) is 2.75. The Bertz CT molecular complexity index is 661. The second-order valence-corrected chi connectivity index (χ2v) is 5.74. The maximum Gasteiger partial charge on any atom is 0.160 e. The van der Waals surface area contributed by atoms with Crippen molar-refractivity contribution < 1.29 is 5.11 Å². The quantitative estimate of drug-likeness (QED) is 0.778. The van der Waals surface area contributed by atoms with E-state index >= 15 is 0 Å². The van der Waals surface area contributed by atoms with E-state index in [1.807, 2.05) is 24.4 Å². The smallest absolute Gasteiger partial charge is 0.160 e. The maximum absolute atomic E-state index is 10.1. The van der Waals surface area contributed by atoms with Crippen LogP contribution in [0, 0.1) is 13.8 Å². The van der Waals surface area contributed by atoms with Crippen molar-refractivity contribution in [1.82, 2.24) is 19.9 Å². The van der Waals surface area contributed by atoms with Crippen LogP contribution in [0.4, 0.5) is 5.82 Å². The molecule has 130 valence electrons. The van der Waals surface area contributed by atoms with Crippen molar-refractivity contribution in [2.24, 2.45) is 0 Å². The number of piperidine rings is 1. The van der Waals surface area contributed by atoms with Gasteiger partial charge < -0.3 is 15.7 Å². The zero-order chi connectivity index (χ0) is 15.0. The van der Waals surface area contributed by atoms with Crippen LogP contribution in [-0.2, 0) is 6.42 Å². The minimum atomic E-state index is -0.336. The van der Waals surface area contributed by atoms with Crippen LogP contribution < -0.4 is 10.6 Å². The van der Waals surface area contributed by atoms with Crippen LogP contribution in [0.5, 0.6) is 0 Å². The van der Waals surface area contributed by atoms with Gasteiger partial charge in [-0.25, -0.2) is 4.98 Å². The molecule has 1 aliphatic rings. The lowest BCUT2D eigenvalue weighted by Crippen LogP contribution is -2.48. The first kappa shape index (κ1) is 20.0. The summed E-state index contributed by atoms with van der Waals surface area (Å²) in [5, 5.41) is 21.5. The van der Waals surface area contributed by atoms with Crippen LogP contribution in [0.1, 0.15) is 30.3 Å². The number of anilines is 1. The van der Waals surface area contributed by atoms with Crippen LogP contribution in [0.3, 0.4) is 0 Å². The Morgan fingerprint density at radius 2 is 2.13 bits per heavy atom. The molecule has 1 aliphatic heterocycles. The summed E-state index contributed by atoms with van der Waals surface area (Å²) in [6.07, 6.45) is 1.31. The van der Waals surface area contributed by atoms with Gasteiger partial charge in [-0.2, -0.15) is 9.61 Å². The number of nitrogens with zero attached hydrogens (tertiary/aromatic N) is 3. The van der Waals surface area contributed by atoms with Gasteiger partial charge in [0.15, 0.2) is 5.65 Å². The largest absolute Gasteiger partial charge is 0.391 e. The number of aromatic nitrogens is 3. The third-order valence-electron chi connectivity index (χ3n) is 4.25. The molecule has 1 saturated heterocycles. The van der Waals surface area contributed by atoms with Gasteiger partial charge in [0, 0.05) is 23.9 Å². The lowest BCUT2D eigenvalue weighted by atomic mass is 10.0. The van der Waals surface area contributed by atoms with Crippen LogP contribution in [0.25, 0.3) is 5.65 Å². The van der Waals surface area contributed by atoms with E-state index in [-0.39, 0.29) is 37.0 Å². The van der Waals surface area contributed by atoms with Gasteiger partial charge in [-0.05, 0) is 33.2 Å². The van der Waals surface area contributed by atoms with Gasteiger partial charge in [0.25, 0.3) is 0 Å². The van der Waals surface area contributed by atoms with Gasteiger partial charge in [0.05, 0.1) is 17.8 Å². The van der Waals surface area contributed by atoms with Gasteiger partial charge in [-0.3, -0.25) is 0 Å². The molecular formula is C15H25Cl2N5O. The molecule has 1 fully saturated rings. The first-order valence-corrected chi connectivity index (χ1v) is 7.61. The van der Waals surface area contributed by atoms with E-state index < -0.39 is 0 Å². The summed E-state index contributed by atoms with van der Waals surface area (Å²) in [5.41, 5.74) is 4.02. The van der Waals surface area contributed by atoms with Gasteiger partial charge >= 0.3 is 0 Å². The number of rotatable bonds is 3. The fourth-order valence-corrected chi connectivity index (χ4v) is 2.75. The van der Waals surface area contributed by atoms with Crippen molar-refractivity contribution in [3.63, 3.8) is 0 Å². The van der Waals surface area contributed by atoms with Crippen LogP contribution >= 0.6 is 24.8 Å². The number of aliphatic hydroxyl groups is 1. The summed E-state index contributed by atoms with van der Waals surface area (Å²) in [4.78, 5) is 4.67. The van der Waals surface area contributed by atoms with E-state index in [1.54, 1.807) is 0 Å². The number of halogens is 2. The third-order valence-corrected chi connectivity index (χ3v) is 4.25. The Morgan fingerprint density at radius 3 is 2.78 bits per heavy atom. The van der Waals surface area contributed by atoms with E-state index in [1.165, 1.54) is 0 Å².